The first-order chi connectivity index (χ1) is 12.3. The van der Waals surface area contributed by atoms with Crippen molar-refractivity contribution in [2.75, 3.05) is 0 Å². The largest absolute Gasteiger partial charge is 0.274 e. The summed E-state index contributed by atoms with van der Waals surface area (Å²) in [5.74, 6) is -0.129. The van der Waals surface area contributed by atoms with Gasteiger partial charge in [-0.3, -0.25) is 14.8 Å². The zero-order chi connectivity index (χ0) is 17.1. The zero-order valence-corrected chi connectivity index (χ0v) is 13.5. The van der Waals surface area contributed by atoms with E-state index in [0.29, 0.717) is 12.0 Å². The second-order valence-electron chi connectivity index (χ2n) is 5.78. The molecule has 2 aromatic heterocycles. The lowest BCUT2D eigenvalue weighted by Gasteiger charge is -2.21. The van der Waals surface area contributed by atoms with Crippen LogP contribution in [0.25, 0.3) is 0 Å². The van der Waals surface area contributed by atoms with E-state index in [9.17, 15) is 4.79 Å². The lowest BCUT2D eigenvalue weighted by Crippen LogP contribution is -2.27. The average molecular weight is 328 g/mol. The van der Waals surface area contributed by atoms with Gasteiger partial charge in [-0.25, -0.2) is 5.01 Å². The summed E-state index contributed by atoms with van der Waals surface area (Å²) in [7, 11) is 0. The molecule has 1 amide bonds. The van der Waals surface area contributed by atoms with Gasteiger partial charge in [0.2, 0.25) is 0 Å². The number of nitrogens with zero attached hydrogens (tertiary/aromatic N) is 4. The molecule has 0 radical (unpaired) electrons. The van der Waals surface area contributed by atoms with Crippen molar-refractivity contribution < 1.29 is 4.79 Å². The van der Waals surface area contributed by atoms with Crippen molar-refractivity contribution in [1.29, 1.82) is 0 Å². The number of hydrazone groups is 1. The molecule has 0 spiro atoms. The van der Waals surface area contributed by atoms with E-state index in [4.69, 9.17) is 0 Å². The molecular formula is C20H16N4O. The van der Waals surface area contributed by atoms with Crippen LogP contribution in [0.15, 0.2) is 84.4 Å². The zero-order valence-electron chi connectivity index (χ0n) is 13.5. The molecule has 1 aliphatic rings. The normalized spacial score (nSPS) is 16.6. The van der Waals surface area contributed by atoms with Crippen LogP contribution in [0.1, 0.15) is 34.1 Å². The molecule has 1 aromatic carbocycles. The highest BCUT2D eigenvalue weighted by Crippen LogP contribution is 2.32. The van der Waals surface area contributed by atoms with Gasteiger partial charge in [-0.1, -0.05) is 30.3 Å². The van der Waals surface area contributed by atoms with Gasteiger partial charge in [0.25, 0.3) is 5.91 Å². The Morgan fingerprint density at radius 1 is 0.960 bits per heavy atom. The molecule has 0 fully saturated rings. The summed E-state index contributed by atoms with van der Waals surface area (Å²) in [6.45, 7) is 0. The van der Waals surface area contributed by atoms with Crippen molar-refractivity contribution in [3.05, 3.63) is 96.1 Å². The van der Waals surface area contributed by atoms with Crippen LogP contribution in [-0.2, 0) is 0 Å². The highest BCUT2D eigenvalue weighted by atomic mass is 16.2. The first kappa shape index (κ1) is 15.2. The predicted molar refractivity (Wildman–Crippen MR) is 95.0 cm³/mol. The fourth-order valence-electron chi connectivity index (χ4n) is 2.92. The second kappa shape index (κ2) is 6.65. The van der Waals surface area contributed by atoms with Crippen molar-refractivity contribution in [2.24, 2.45) is 5.10 Å². The van der Waals surface area contributed by atoms with E-state index in [0.717, 1.165) is 17.0 Å². The smallest absolute Gasteiger partial charge is 0.267 e. The van der Waals surface area contributed by atoms with Crippen LogP contribution < -0.4 is 0 Å². The highest BCUT2D eigenvalue weighted by molar-refractivity contribution is 6.04. The van der Waals surface area contributed by atoms with Crippen molar-refractivity contribution in [3.8, 4) is 0 Å². The quantitative estimate of drug-likeness (QED) is 0.740. The molecule has 0 N–H and O–H groups in total. The lowest BCUT2D eigenvalue weighted by molar-refractivity contribution is 0.0708. The topological polar surface area (TPSA) is 58.5 Å². The van der Waals surface area contributed by atoms with Crippen LogP contribution in [-0.4, -0.2) is 26.6 Å². The van der Waals surface area contributed by atoms with Crippen molar-refractivity contribution in [3.63, 3.8) is 0 Å². The molecule has 1 unspecified atom stereocenters. The molecule has 0 aliphatic carbocycles. The molecule has 1 atom stereocenters. The van der Waals surface area contributed by atoms with Crippen molar-refractivity contribution >= 4 is 11.6 Å². The maximum Gasteiger partial charge on any atom is 0.274 e. The summed E-state index contributed by atoms with van der Waals surface area (Å²) >= 11 is 0. The van der Waals surface area contributed by atoms with Gasteiger partial charge in [0.1, 0.15) is 6.04 Å². The van der Waals surface area contributed by atoms with E-state index in [2.05, 4.69) is 15.1 Å². The molecule has 1 aliphatic heterocycles. The van der Waals surface area contributed by atoms with Crippen LogP contribution in [0.3, 0.4) is 0 Å². The molecule has 5 nitrogen and oxygen atoms in total. The van der Waals surface area contributed by atoms with E-state index in [1.165, 1.54) is 0 Å². The summed E-state index contributed by atoms with van der Waals surface area (Å²) in [6, 6.07) is 18.5. The molecule has 0 saturated heterocycles. The Morgan fingerprint density at radius 2 is 1.80 bits per heavy atom. The average Bonchev–Trinajstić information content (AvgIpc) is 3.15. The molecule has 0 saturated carbocycles. The van der Waals surface area contributed by atoms with Crippen molar-refractivity contribution in [2.45, 2.75) is 12.5 Å². The predicted octanol–water partition coefficient (Wildman–Crippen LogP) is 3.47. The van der Waals surface area contributed by atoms with E-state index >= 15 is 0 Å². The summed E-state index contributed by atoms with van der Waals surface area (Å²) in [6.07, 6.45) is 5.84. The summed E-state index contributed by atoms with van der Waals surface area (Å²) in [4.78, 5) is 21.6. The third-order valence-corrected chi connectivity index (χ3v) is 4.16. The SMILES string of the molecule is O=C(c1ccccc1)N1N=C(c2cccnc2)CC1c1ccccn1. The van der Waals surface area contributed by atoms with Crippen LogP contribution in [0.4, 0.5) is 0 Å². The third kappa shape index (κ3) is 3.04. The first-order valence-corrected chi connectivity index (χ1v) is 8.10. The third-order valence-electron chi connectivity index (χ3n) is 4.16. The number of rotatable bonds is 3. The van der Waals surface area contributed by atoms with Crippen LogP contribution in [0.5, 0.6) is 0 Å². The molecule has 3 heterocycles. The number of hydrogen-bond acceptors (Lipinski definition) is 4. The molecular weight excluding hydrogens is 312 g/mol. The van der Waals surface area contributed by atoms with Gasteiger partial charge >= 0.3 is 0 Å². The highest BCUT2D eigenvalue weighted by Gasteiger charge is 2.34. The van der Waals surface area contributed by atoms with E-state index < -0.39 is 0 Å². The molecule has 4 rings (SSSR count). The van der Waals surface area contributed by atoms with Crippen molar-refractivity contribution in [1.82, 2.24) is 15.0 Å². The molecule has 122 valence electrons. The molecule has 25 heavy (non-hydrogen) atoms. The minimum Gasteiger partial charge on any atom is -0.267 e. The molecule has 0 bridgehead atoms. The minimum absolute atomic E-state index is 0.129. The van der Waals surface area contributed by atoms with Gasteiger partial charge in [0, 0.05) is 36.1 Å². The Balaban J connectivity index is 1.73. The Labute approximate surface area is 145 Å². The molecule has 3 aromatic rings. The standard InChI is InChI=1S/C20H16N4O/c25-20(15-7-2-1-3-8-15)24-19(17-10-4-5-12-22-17)13-18(23-24)16-9-6-11-21-14-16/h1-12,14,19H,13H2. The number of aromatic nitrogens is 2. The maximum atomic E-state index is 13.0. The Kier molecular flexibility index (Phi) is 4.04. The number of carbonyl (C=O) groups is 1. The number of carbonyl (C=O) groups excluding carboxylic acids is 1. The minimum atomic E-state index is -0.218. The Morgan fingerprint density at radius 3 is 2.52 bits per heavy atom. The van der Waals surface area contributed by atoms with Gasteiger partial charge < -0.3 is 0 Å². The number of amides is 1. The van der Waals surface area contributed by atoms with Gasteiger partial charge in [-0.15, -0.1) is 0 Å². The summed E-state index contributed by atoms with van der Waals surface area (Å²) in [5, 5.41) is 6.15. The summed E-state index contributed by atoms with van der Waals surface area (Å²) in [5.41, 5.74) is 3.20. The summed E-state index contributed by atoms with van der Waals surface area (Å²) < 4.78 is 0. The molecule has 5 heteroatoms. The number of hydrogen-bond donors (Lipinski definition) is 0. The first-order valence-electron chi connectivity index (χ1n) is 8.10. The maximum absolute atomic E-state index is 13.0. The Bertz CT molecular complexity index is 895. The number of benzene rings is 1. The van der Waals surface area contributed by atoms with Gasteiger partial charge in [-0.2, -0.15) is 5.10 Å². The van der Waals surface area contributed by atoms with Crippen LogP contribution >= 0.6 is 0 Å². The fraction of sp³-hybridized carbons (Fsp3) is 0.100. The monoisotopic (exact) mass is 328 g/mol. The fourth-order valence-corrected chi connectivity index (χ4v) is 2.92. The second-order valence-corrected chi connectivity index (χ2v) is 5.78. The van der Waals surface area contributed by atoms with Gasteiger partial charge in [-0.05, 0) is 30.3 Å². The van der Waals surface area contributed by atoms with E-state index in [1.54, 1.807) is 35.7 Å². The van der Waals surface area contributed by atoms with E-state index in [-0.39, 0.29) is 11.9 Å². The van der Waals surface area contributed by atoms with Gasteiger partial charge in [0.05, 0.1) is 11.4 Å². The van der Waals surface area contributed by atoms with Crippen LogP contribution in [0.2, 0.25) is 0 Å². The number of pyridine rings is 2. The Hall–Kier alpha value is -3.34. The lowest BCUT2D eigenvalue weighted by atomic mass is 10.0. The van der Waals surface area contributed by atoms with Crippen LogP contribution in [0, 0.1) is 0 Å². The van der Waals surface area contributed by atoms with Gasteiger partial charge in [0.15, 0.2) is 0 Å². The van der Waals surface area contributed by atoms with E-state index in [1.807, 2.05) is 48.5 Å².